The summed E-state index contributed by atoms with van der Waals surface area (Å²) in [6, 6.07) is 13.6. The molecule has 0 radical (unpaired) electrons. The number of hydrogen-bond acceptors (Lipinski definition) is 2. The summed E-state index contributed by atoms with van der Waals surface area (Å²) in [5.74, 6) is 0.290. The molecule has 0 aliphatic carbocycles. The molecule has 1 atom stereocenters. The highest BCUT2D eigenvalue weighted by molar-refractivity contribution is 5.71. The number of nitrogens with two attached hydrogens (primary N) is 1. The lowest BCUT2D eigenvalue weighted by Crippen LogP contribution is -2.04. The van der Waals surface area contributed by atoms with Crippen LogP contribution in [0.1, 0.15) is 24.1 Å². The summed E-state index contributed by atoms with van der Waals surface area (Å²) < 4.78 is 0. The number of phenolic OH excluding ortho intramolecular Hbond substituents is 1. The summed E-state index contributed by atoms with van der Waals surface area (Å²) in [7, 11) is 0. The Morgan fingerprint density at radius 1 is 1.06 bits per heavy atom. The van der Waals surface area contributed by atoms with Gasteiger partial charge >= 0.3 is 0 Å². The lowest BCUT2D eigenvalue weighted by Gasteiger charge is -2.10. The van der Waals surface area contributed by atoms with Crippen LogP contribution in [0.4, 0.5) is 0 Å². The summed E-state index contributed by atoms with van der Waals surface area (Å²) in [6.07, 6.45) is 0. The van der Waals surface area contributed by atoms with Crippen LogP contribution < -0.4 is 5.73 Å². The predicted molar refractivity (Wildman–Crippen MR) is 70.9 cm³/mol. The highest BCUT2D eigenvalue weighted by Crippen LogP contribution is 2.31. The van der Waals surface area contributed by atoms with Gasteiger partial charge in [0.2, 0.25) is 0 Å². The van der Waals surface area contributed by atoms with Gasteiger partial charge < -0.3 is 10.8 Å². The van der Waals surface area contributed by atoms with Gasteiger partial charge in [-0.05, 0) is 37.1 Å². The van der Waals surface area contributed by atoms with Crippen LogP contribution in [-0.2, 0) is 0 Å². The molecule has 0 saturated carbocycles. The lowest BCUT2D eigenvalue weighted by molar-refractivity contribution is 0.477. The van der Waals surface area contributed by atoms with E-state index >= 15 is 0 Å². The Bertz CT molecular complexity index is 515. The van der Waals surface area contributed by atoms with Gasteiger partial charge in [0.25, 0.3) is 0 Å². The van der Waals surface area contributed by atoms with Crippen molar-refractivity contribution in [3.05, 3.63) is 53.6 Å². The molecule has 3 N–H and O–H groups in total. The quantitative estimate of drug-likeness (QED) is 0.826. The highest BCUT2D eigenvalue weighted by atomic mass is 16.3. The van der Waals surface area contributed by atoms with E-state index in [4.69, 9.17) is 5.73 Å². The number of aryl methyl sites for hydroxylation is 1. The monoisotopic (exact) mass is 227 g/mol. The zero-order chi connectivity index (χ0) is 12.4. The molecule has 0 aliphatic rings. The average molecular weight is 227 g/mol. The van der Waals surface area contributed by atoms with Crippen molar-refractivity contribution < 1.29 is 5.11 Å². The molecular formula is C15H17NO. The first-order valence-corrected chi connectivity index (χ1v) is 5.73. The van der Waals surface area contributed by atoms with Crippen molar-refractivity contribution in [1.82, 2.24) is 0 Å². The van der Waals surface area contributed by atoms with Crippen LogP contribution in [0.2, 0.25) is 0 Å². The van der Waals surface area contributed by atoms with E-state index in [2.05, 4.69) is 0 Å². The Morgan fingerprint density at radius 2 is 1.71 bits per heavy atom. The molecule has 0 fully saturated rings. The highest BCUT2D eigenvalue weighted by Gasteiger charge is 2.07. The topological polar surface area (TPSA) is 46.2 Å². The summed E-state index contributed by atoms with van der Waals surface area (Å²) in [6.45, 7) is 3.98. The Balaban J connectivity index is 2.50. The summed E-state index contributed by atoms with van der Waals surface area (Å²) in [4.78, 5) is 0. The Morgan fingerprint density at radius 3 is 2.29 bits per heavy atom. The van der Waals surface area contributed by atoms with E-state index in [0.717, 1.165) is 16.7 Å². The summed E-state index contributed by atoms with van der Waals surface area (Å²) >= 11 is 0. The third kappa shape index (κ3) is 2.48. The largest absolute Gasteiger partial charge is 0.507 e. The minimum Gasteiger partial charge on any atom is -0.507 e. The minimum atomic E-state index is -0.0280. The molecule has 17 heavy (non-hydrogen) atoms. The molecule has 2 nitrogen and oxygen atoms in total. The van der Waals surface area contributed by atoms with Gasteiger partial charge in [-0.3, -0.25) is 0 Å². The van der Waals surface area contributed by atoms with E-state index < -0.39 is 0 Å². The standard InChI is InChI=1S/C15H17NO/c1-10-3-5-12(6-4-10)14-9-13(11(2)16)7-8-15(14)17/h3-9,11,17H,16H2,1-2H3. The van der Waals surface area contributed by atoms with Crippen LogP contribution in [0.5, 0.6) is 5.75 Å². The SMILES string of the molecule is Cc1ccc(-c2cc(C(C)N)ccc2O)cc1. The molecule has 0 bridgehead atoms. The van der Waals surface area contributed by atoms with E-state index in [-0.39, 0.29) is 6.04 Å². The van der Waals surface area contributed by atoms with E-state index in [9.17, 15) is 5.11 Å². The maximum atomic E-state index is 9.90. The Labute approximate surface area is 102 Å². The number of rotatable bonds is 2. The van der Waals surface area contributed by atoms with E-state index in [1.165, 1.54) is 5.56 Å². The number of aromatic hydroxyl groups is 1. The first-order chi connectivity index (χ1) is 8.08. The van der Waals surface area contributed by atoms with Crippen molar-refractivity contribution in [2.24, 2.45) is 5.73 Å². The molecule has 2 aromatic rings. The molecular weight excluding hydrogens is 210 g/mol. The second-order valence-corrected chi connectivity index (χ2v) is 4.43. The molecule has 0 amide bonds. The first kappa shape index (κ1) is 11.7. The molecule has 2 aromatic carbocycles. The Hall–Kier alpha value is -1.80. The maximum absolute atomic E-state index is 9.90. The van der Waals surface area contributed by atoms with Crippen molar-refractivity contribution in [3.63, 3.8) is 0 Å². The molecule has 0 spiro atoms. The third-order valence-electron chi connectivity index (χ3n) is 2.91. The van der Waals surface area contributed by atoms with Gasteiger partial charge in [-0.25, -0.2) is 0 Å². The fraction of sp³-hybridized carbons (Fsp3) is 0.200. The molecule has 2 heteroatoms. The molecule has 2 rings (SSSR count). The van der Waals surface area contributed by atoms with Crippen molar-refractivity contribution in [1.29, 1.82) is 0 Å². The van der Waals surface area contributed by atoms with Gasteiger partial charge in [0, 0.05) is 11.6 Å². The van der Waals surface area contributed by atoms with E-state index in [0.29, 0.717) is 5.75 Å². The van der Waals surface area contributed by atoms with Gasteiger partial charge in [0.1, 0.15) is 5.75 Å². The van der Waals surface area contributed by atoms with Crippen LogP contribution in [0.15, 0.2) is 42.5 Å². The van der Waals surface area contributed by atoms with Crippen molar-refractivity contribution >= 4 is 0 Å². The Kier molecular flexibility index (Phi) is 3.16. The zero-order valence-corrected chi connectivity index (χ0v) is 10.1. The van der Waals surface area contributed by atoms with E-state index in [1.54, 1.807) is 6.07 Å². The van der Waals surface area contributed by atoms with Crippen LogP contribution in [0, 0.1) is 6.92 Å². The molecule has 0 heterocycles. The zero-order valence-electron chi connectivity index (χ0n) is 10.1. The van der Waals surface area contributed by atoms with Gasteiger partial charge in [0.15, 0.2) is 0 Å². The van der Waals surface area contributed by atoms with Crippen LogP contribution in [0.25, 0.3) is 11.1 Å². The van der Waals surface area contributed by atoms with Crippen molar-refractivity contribution in [2.75, 3.05) is 0 Å². The fourth-order valence-electron chi connectivity index (χ4n) is 1.80. The van der Waals surface area contributed by atoms with Crippen LogP contribution in [0.3, 0.4) is 0 Å². The number of phenols is 1. The molecule has 0 saturated heterocycles. The van der Waals surface area contributed by atoms with Gasteiger partial charge in [-0.1, -0.05) is 35.9 Å². The number of hydrogen-bond donors (Lipinski definition) is 2. The average Bonchev–Trinajstić information content (AvgIpc) is 2.31. The van der Waals surface area contributed by atoms with Gasteiger partial charge in [0.05, 0.1) is 0 Å². The predicted octanol–water partition coefficient (Wildman–Crippen LogP) is 3.39. The summed E-state index contributed by atoms with van der Waals surface area (Å²) in [5, 5.41) is 9.90. The summed E-state index contributed by atoms with van der Waals surface area (Å²) in [5.41, 5.74) is 9.93. The minimum absolute atomic E-state index is 0.0280. The lowest BCUT2D eigenvalue weighted by atomic mass is 9.99. The molecule has 0 aromatic heterocycles. The molecule has 1 unspecified atom stereocenters. The maximum Gasteiger partial charge on any atom is 0.123 e. The number of benzene rings is 2. The van der Waals surface area contributed by atoms with Crippen molar-refractivity contribution in [3.8, 4) is 16.9 Å². The first-order valence-electron chi connectivity index (χ1n) is 5.73. The van der Waals surface area contributed by atoms with Gasteiger partial charge in [-0.15, -0.1) is 0 Å². The molecule has 88 valence electrons. The van der Waals surface area contributed by atoms with Crippen LogP contribution in [-0.4, -0.2) is 5.11 Å². The van der Waals surface area contributed by atoms with E-state index in [1.807, 2.05) is 50.2 Å². The van der Waals surface area contributed by atoms with Crippen molar-refractivity contribution in [2.45, 2.75) is 19.9 Å². The second-order valence-electron chi connectivity index (χ2n) is 4.43. The normalized spacial score (nSPS) is 12.4. The second kappa shape index (κ2) is 4.60. The molecule has 0 aliphatic heterocycles. The third-order valence-corrected chi connectivity index (χ3v) is 2.91. The van der Waals surface area contributed by atoms with Gasteiger partial charge in [-0.2, -0.15) is 0 Å². The van der Waals surface area contributed by atoms with Crippen LogP contribution >= 0.6 is 0 Å². The fourth-order valence-corrected chi connectivity index (χ4v) is 1.80. The smallest absolute Gasteiger partial charge is 0.123 e.